The first-order valence-corrected chi connectivity index (χ1v) is 5.20. The van der Waals surface area contributed by atoms with Crippen molar-refractivity contribution >= 4 is 5.91 Å². The molecule has 15 heavy (non-hydrogen) atoms. The summed E-state index contributed by atoms with van der Waals surface area (Å²) >= 11 is 0. The number of rotatable bonds is 4. The number of hydrogen-bond donors (Lipinski definition) is 2. The number of benzene rings is 1. The van der Waals surface area contributed by atoms with Gasteiger partial charge in [-0.25, -0.2) is 0 Å². The molecule has 0 aromatic heterocycles. The summed E-state index contributed by atoms with van der Waals surface area (Å²) in [6.45, 7) is 4.42. The van der Waals surface area contributed by atoms with Gasteiger partial charge in [-0.1, -0.05) is 24.3 Å². The van der Waals surface area contributed by atoms with Gasteiger partial charge in [0.05, 0.1) is 6.04 Å². The molecule has 3 nitrogen and oxygen atoms in total. The van der Waals surface area contributed by atoms with E-state index in [2.05, 4.69) is 5.32 Å². The van der Waals surface area contributed by atoms with Crippen LogP contribution in [-0.2, 0) is 4.79 Å². The van der Waals surface area contributed by atoms with E-state index in [9.17, 15) is 4.79 Å². The average molecular weight is 206 g/mol. The van der Waals surface area contributed by atoms with Crippen LogP contribution in [0.25, 0.3) is 0 Å². The zero-order valence-electron chi connectivity index (χ0n) is 9.29. The van der Waals surface area contributed by atoms with Crippen LogP contribution in [0.15, 0.2) is 24.3 Å². The molecule has 3 N–H and O–H groups in total. The molecule has 0 saturated heterocycles. The standard InChI is InChI=1S/C12H18N2O/c1-9-5-3-4-6-11(9)10(2)14-12(15)7-8-13/h3-6,10H,7-8,13H2,1-2H3,(H,14,15)/t10-/m1/s1. The van der Waals surface area contributed by atoms with Crippen molar-refractivity contribution in [3.63, 3.8) is 0 Å². The topological polar surface area (TPSA) is 55.1 Å². The fourth-order valence-corrected chi connectivity index (χ4v) is 1.60. The Hall–Kier alpha value is -1.35. The summed E-state index contributed by atoms with van der Waals surface area (Å²) < 4.78 is 0. The fourth-order valence-electron chi connectivity index (χ4n) is 1.60. The highest BCUT2D eigenvalue weighted by atomic mass is 16.1. The summed E-state index contributed by atoms with van der Waals surface area (Å²) in [5.74, 6) is 0.00764. The van der Waals surface area contributed by atoms with E-state index in [1.54, 1.807) is 0 Å². The highest BCUT2D eigenvalue weighted by molar-refractivity contribution is 5.76. The molecule has 3 heteroatoms. The molecule has 0 unspecified atom stereocenters. The van der Waals surface area contributed by atoms with Crippen molar-refractivity contribution in [1.82, 2.24) is 5.32 Å². The summed E-state index contributed by atoms with van der Waals surface area (Å²) in [6.07, 6.45) is 0.385. The molecule has 0 aliphatic carbocycles. The normalized spacial score (nSPS) is 12.2. The van der Waals surface area contributed by atoms with Gasteiger partial charge < -0.3 is 11.1 Å². The van der Waals surface area contributed by atoms with Crippen molar-refractivity contribution in [3.05, 3.63) is 35.4 Å². The van der Waals surface area contributed by atoms with Crippen LogP contribution in [0.3, 0.4) is 0 Å². The third-order valence-electron chi connectivity index (χ3n) is 2.40. The van der Waals surface area contributed by atoms with E-state index in [1.165, 1.54) is 5.56 Å². The first kappa shape index (κ1) is 11.7. The summed E-state index contributed by atoms with van der Waals surface area (Å²) in [4.78, 5) is 11.3. The monoisotopic (exact) mass is 206 g/mol. The van der Waals surface area contributed by atoms with Crippen molar-refractivity contribution in [1.29, 1.82) is 0 Å². The van der Waals surface area contributed by atoms with E-state index >= 15 is 0 Å². The second-order valence-corrected chi connectivity index (χ2v) is 3.68. The summed E-state index contributed by atoms with van der Waals surface area (Å²) in [7, 11) is 0. The van der Waals surface area contributed by atoms with Crippen LogP contribution in [0.1, 0.15) is 30.5 Å². The summed E-state index contributed by atoms with van der Waals surface area (Å²) in [5.41, 5.74) is 7.66. The molecular weight excluding hydrogens is 188 g/mol. The molecule has 0 saturated carbocycles. The number of nitrogens with one attached hydrogen (secondary N) is 1. The molecule has 1 aromatic carbocycles. The quantitative estimate of drug-likeness (QED) is 0.784. The first-order chi connectivity index (χ1) is 7.15. The number of carbonyl (C=O) groups excluding carboxylic acids is 1. The van der Waals surface area contributed by atoms with Gasteiger partial charge in [0.15, 0.2) is 0 Å². The third kappa shape index (κ3) is 3.36. The first-order valence-electron chi connectivity index (χ1n) is 5.20. The highest BCUT2D eigenvalue weighted by Gasteiger charge is 2.09. The SMILES string of the molecule is Cc1ccccc1[C@@H](C)NC(=O)CCN. The maximum atomic E-state index is 11.3. The number of aryl methyl sites for hydroxylation is 1. The molecule has 0 spiro atoms. The van der Waals surface area contributed by atoms with Crippen molar-refractivity contribution in [2.75, 3.05) is 6.54 Å². The molecule has 1 amide bonds. The number of amides is 1. The lowest BCUT2D eigenvalue weighted by Crippen LogP contribution is -2.28. The van der Waals surface area contributed by atoms with Gasteiger partial charge in [0.2, 0.25) is 5.91 Å². The zero-order valence-corrected chi connectivity index (χ0v) is 9.29. The predicted octanol–water partition coefficient (Wildman–Crippen LogP) is 1.52. The minimum absolute atomic E-state index is 0.00764. The Morgan fingerprint density at radius 3 is 2.73 bits per heavy atom. The van der Waals surface area contributed by atoms with E-state index in [0.717, 1.165) is 5.56 Å². The Kier molecular flexibility index (Phi) is 4.31. The van der Waals surface area contributed by atoms with Crippen molar-refractivity contribution < 1.29 is 4.79 Å². The molecule has 0 heterocycles. The van der Waals surface area contributed by atoms with Gasteiger partial charge >= 0.3 is 0 Å². The van der Waals surface area contributed by atoms with Crippen LogP contribution < -0.4 is 11.1 Å². The number of nitrogens with two attached hydrogens (primary N) is 1. The minimum atomic E-state index is 0.00764. The Morgan fingerprint density at radius 2 is 2.13 bits per heavy atom. The maximum absolute atomic E-state index is 11.3. The fraction of sp³-hybridized carbons (Fsp3) is 0.417. The molecule has 0 radical (unpaired) electrons. The molecule has 0 bridgehead atoms. The molecular formula is C12H18N2O. The Bertz CT molecular complexity index is 336. The summed E-state index contributed by atoms with van der Waals surface area (Å²) in [6, 6.07) is 8.09. The smallest absolute Gasteiger partial charge is 0.221 e. The maximum Gasteiger partial charge on any atom is 0.221 e. The van der Waals surface area contributed by atoms with Crippen LogP contribution in [0.5, 0.6) is 0 Å². The van der Waals surface area contributed by atoms with Crippen LogP contribution in [-0.4, -0.2) is 12.5 Å². The Labute approximate surface area is 90.7 Å². The van der Waals surface area contributed by atoms with Crippen molar-refractivity contribution in [2.24, 2.45) is 5.73 Å². The number of hydrogen-bond acceptors (Lipinski definition) is 2. The van der Waals surface area contributed by atoms with Crippen LogP contribution >= 0.6 is 0 Å². The Morgan fingerprint density at radius 1 is 1.47 bits per heavy atom. The van der Waals surface area contributed by atoms with Gasteiger partial charge in [-0.2, -0.15) is 0 Å². The third-order valence-corrected chi connectivity index (χ3v) is 2.40. The van der Waals surface area contributed by atoms with Gasteiger partial charge in [0, 0.05) is 13.0 Å². The van der Waals surface area contributed by atoms with Crippen LogP contribution in [0.4, 0.5) is 0 Å². The number of carbonyl (C=O) groups is 1. The second kappa shape index (κ2) is 5.51. The van der Waals surface area contributed by atoms with E-state index in [4.69, 9.17) is 5.73 Å². The molecule has 0 aliphatic heterocycles. The molecule has 82 valence electrons. The predicted molar refractivity (Wildman–Crippen MR) is 61.4 cm³/mol. The zero-order chi connectivity index (χ0) is 11.3. The highest BCUT2D eigenvalue weighted by Crippen LogP contribution is 2.16. The molecule has 0 fully saturated rings. The van der Waals surface area contributed by atoms with Gasteiger partial charge in [-0.15, -0.1) is 0 Å². The molecule has 1 aromatic rings. The van der Waals surface area contributed by atoms with Crippen molar-refractivity contribution in [2.45, 2.75) is 26.3 Å². The molecule has 1 rings (SSSR count). The van der Waals surface area contributed by atoms with Crippen LogP contribution in [0, 0.1) is 6.92 Å². The largest absolute Gasteiger partial charge is 0.350 e. The van der Waals surface area contributed by atoms with Gasteiger partial charge in [0.25, 0.3) is 0 Å². The molecule has 1 atom stereocenters. The lowest BCUT2D eigenvalue weighted by molar-refractivity contribution is -0.121. The minimum Gasteiger partial charge on any atom is -0.350 e. The average Bonchev–Trinajstić information content (AvgIpc) is 2.18. The van der Waals surface area contributed by atoms with Gasteiger partial charge in [0.1, 0.15) is 0 Å². The lowest BCUT2D eigenvalue weighted by Gasteiger charge is -2.16. The van der Waals surface area contributed by atoms with Gasteiger partial charge in [-0.05, 0) is 25.0 Å². The van der Waals surface area contributed by atoms with Crippen LogP contribution in [0.2, 0.25) is 0 Å². The Balaban J connectivity index is 2.65. The second-order valence-electron chi connectivity index (χ2n) is 3.68. The van der Waals surface area contributed by atoms with E-state index in [-0.39, 0.29) is 11.9 Å². The van der Waals surface area contributed by atoms with E-state index in [0.29, 0.717) is 13.0 Å². The van der Waals surface area contributed by atoms with E-state index in [1.807, 2.05) is 38.1 Å². The van der Waals surface area contributed by atoms with E-state index < -0.39 is 0 Å². The van der Waals surface area contributed by atoms with Gasteiger partial charge in [-0.3, -0.25) is 4.79 Å². The lowest BCUT2D eigenvalue weighted by atomic mass is 10.0. The molecule has 0 aliphatic rings. The summed E-state index contributed by atoms with van der Waals surface area (Å²) in [5, 5.41) is 2.92. The van der Waals surface area contributed by atoms with Crippen molar-refractivity contribution in [3.8, 4) is 0 Å².